The molecule has 2 aromatic rings. The predicted octanol–water partition coefficient (Wildman–Crippen LogP) is 9.65. The first kappa shape index (κ1) is 28.9. The van der Waals surface area contributed by atoms with E-state index in [9.17, 15) is 4.79 Å². The summed E-state index contributed by atoms with van der Waals surface area (Å²) in [5.41, 5.74) is 6.64. The Kier molecular flexibility index (Phi) is 14.1. The van der Waals surface area contributed by atoms with Gasteiger partial charge in [-0.05, 0) is 61.9 Å². The fourth-order valence-corrected chi connectivity index (χ4v) is 4.59. The third-order valence-corrected chi connectivity index (χ3v) is 6.90. The van der Waals surface area contributed by atoms with E-state index in [0.29, 0.717) is 5.78 Å². The number of carbonyl (C=O) groups is 1. The first-order valence-electron chi connectivity index (χ1n) is 14.0. The molecule has 0 heterocycles. The van der Waals surface area contributed by atoms with Crippen molar-refractivity contribution in [2.24, 2.45) is 0 Å². The van der Waals surface area contributed by atoms with Crippen LogP contribution in [0.25, 0.3) is 11.6 Å². The van der Waals surface area contributed by atoms with E-state index in [1.54, 1.807) is 6.92 Å². The van der Waals surface area contributed by atoms with Gasteiger partial charge in [0.1, 0.15) is 5.78 Å². The van der Waals surface area contributed by atoms with E-state index in [2.05, 4.69) is 80.5 Å². The molecule has 2 rings (SSSR count). The smallest absolute Gasteiger partial charge is 0.129 e. The number of aryl methyl sites for hydroxylation is 1. The summed E-state index contributed by atoms with van der Waals surface area (Å²) >= 11 is 0. The molecular weight excluding hydrogens is 426 g/mol. The molecule has 2 heteroatoms. The van der Waals surface area contributed by atoms with Crippen molar-refractivity contribution in [1.29, 1.82) is 0 Å². The molecule has 2 nitrogen and oxygen atoms in total. The molecule has 0 atom stereocenters. The highest BCUT2D eigenvalue weighted by Gasteiger charge is 2.05. The largest absolute Gasteiger partial charge is 0.378 e. The predicted molar refractivity (Wildman–Crippen MR) is 155 cm³/mol. The summed E-state index contributed by atoms with van der Waals surface area (Å²) in [5, 5.41) is 0. The number of unbranched alkanes of at least 4 members (excludes halogenated alkanes) is 11. The number of anilines is 1. The van der Waals surface area contributed by atoms with Gasteiger partial charge >= 0.3 is 0 Å². The number of allylic oxidation sites excluding steroid dienone is 1. The maximum atomic E-state index is 11.0. The van der Waals surface area contributed by atoms with Gasteiger partial charge in [0, 0.05) is 26.2 Å². The van der Waals surface area contributed by atoms with Crippen molar-refractivity contribution in [3.8, 4) is 0 Å². The summed E-state index contributed by atoms with van der Waals surface area (Å²) in [5.74, 6) is 0.335. The van der Waals surface area contributed by atoms with Crippen molar-refractivity contribution >= 4 is 23.1 Å². The Morgan fingerprint density at radius 3 is 1.57 bits per heavy atom. The SMILES string of the molecule is CC(=O)CCCCCCCCCCCCCCC(=Cc1ccc(C)cc1)c1ccc(N(C)C)cc1. The number of benzene rings is 2. The molecule has 0 fully saturated rings. The zero-order valence-corrected chi connectivity index (χ0v) is 23.0. The third-order valence-electron chi connectivity index (χ3n) is 6.90. The van der Waals surface area contributed by atoms with Crippen LogP contribution in [-0.2, 0) is 4.79 Å². The molecule has 0 aliphatic heterocycles. The molecule has 0 amide bonds. The Labute approximate surface area is 215 Å². The van der Waals surface area contributed by atoms with Crippen LogP contribution in [0.15, 0.2) is 48.5 Å². The van der Waals surface area contributed by atoms with E-state index in [-0.39, 0.29) is 0 Å². The average molecular weight is 476 g/mol. The summed E-state index contributed by atoms with van der Waals surface area (Å²) in [7, 11) is 4.19. The van der Waals surface area contributed by atoms with E-state index >= 15 is 0 Å². The van der Waals surface area contributed by atoms with Crippen LogP contribution in [-0.4, -0.2) is 19.9 Å². The molecule has 0 spiro atoms. The average Bonchev–Trinajstić information content (AvgIpc) is 2.84. The van der Waals surface area contributed by atoms with E-state index in [1.165, 1.54) is 98.6 Å². The normalized spacial score (nSPS) is 11.6. The second kappa shape index (κ2) is 17.1. The van der Waals surface area contributed by atoms with Crippen molar-refractivity contribution in [1.82, 2.24) is 0 Å². The van der Waals surface area contributed by atoms with Crippen LogP contribution in [0.5, 0.6) is 0 Å². The maximum Gasteiger partial charge on any atom is 0.129 e. The molecule has 0 aliphatic carbocycles. The van der Waals surface area contributed by atoms with Crippen molar-refractivity contribution in [2.45, 2.75) is 104 Å². The highest BCUT2D eigenvalue weighted by Crippen LogP contribution is 2.27. The molecule has 0 saturated heterocycles. The molecule has 0 aliphatic rings. The molecular formula is C33H49NO. The highest BCUT2D eigenvalue weighted by atomic mass is 16.1. The second-order valence-electron chi connectivity index (χ2n) is 10.5. The van der Waals surface area contributed by atoms with Crippen LogP contribution in [0.3, 0.4) is 0 Å². The van der Waals surface area contributed by atoms with Gasteiger partial charge in [-0.15, -0.1) is 0 Å². The van der Waals surface area contributed by atoms with Crippen molar-refractivity contribution in [3.63, 3.8) is 0 Å². The Morgan fingerprint density at radius 1 is 0.657 bits per heavy atom. The maximum absolute atomic E-state index is 11.0. The Hall–Kier alpha value is -2.35. The lowest BCUT2D eigenvalue weighted by Gasteiger charge is -2.14. The molecule has 192 valence electrons. The van der Waals surface area contributed by atoms with Gasteiger partial charge in [0.2, 0.25) is 0 Å². The molecule has 35 heavy (non-hydrogen) atoms. The van der Waals surface area contributed by atoms with E-state index in [1.807, 2.05) is 0 Å². The summed E-state index contributed by atoms with van der Waals surface area (Å²) in [6.07, 6.45) is 20.0. The van der Waals surface area contributed by atoms with Gasteiger partial charge in [-0.1, -0.05) is 112 Å². The highest BCUT2D eigenvalue weighted by molar-refractivity contribution is 5.82. The lowest BCUT2D eigenvalue weighted by atomic mass is 9.96. The fourth-order valence-electron chi connectivity index (χ4n) is 4.59. The van der Waals surface area contributed by atoms with Gasteiger partial charge in [0.25, 0.3) is 0 Å². The van der Waals surface area contributed by atoms with Gasteiger partial charge in [0.05, 0.1) is 0 Å². The Morgan fingerprint density at radius 2 is 1.11 bits per heavy atom. The Bertz CT molecular complexity index is 861. The minimum atomic E-state index is 0.335. The quantitative estimate of drug-likeness (QED) is 0.158. The lowest BCUT2D eigenvalue weighted by molar-refractivity contribution is -0.117. The van der Waals surface area contributed by atoms with E-state index in [4.69, 9.17) is 0 Å². The summed E-state index contributed by atoms with van der Waals surface area (Å²) < 4.78 is 0. The molecule has 0 aromatic heterocycles. The zero-order chi connectivity index (χ0) is 25.3. The van der Waals surface area contributed by atoms with Crippen molar-refractivity contribution in [2.75, 3.05) is 19.0 Å². The van der Waals surface area contributed by atoms with Gasteiger partial charge in [-0.2, -0.15) is 0 Å². The first-order valence-corrected chi connectivity index (χ1v) is 14.0. The van der Waals surface area contributed by atoms with Crippen molar-refractivity contribution in [3.05, 3.63) is 65.2 Å². The van der Waals surface area contributed by atoms with Crippen LogP contribution in [0.4, 0.5) is 5.69 Å². The number of rotatable bonds is 18. The molecule has 0 unspecified atom stereocenters. The summed E-state index contributed by atoms with van der Waals surface area (Å²) in [4.78, 5) is 13.1. The third kappa shape index (κ3) is 12.8. The van der Waals surface area contributed by atoms with Crippen molar-refractivity contribution < 1.29 is 4.79 Å². The van der Waals surface area contributed by atoms with Crippen LogP contribution in [0.1, 0.15) is 114 Å². The number of nitrogens with zero attached hydrogens (tertiary/aromatic N) is 1. The minimum Gasteiger partial charge on any atom is -0.378 e. The van der Waals surface area contributed by atoms with Gasteiger partial charge in [0.15, 0.2) is 0 Å². The number of ketones is 1. The fraction of sp³-hybridized carbons (Fsp3) is 0.545. The van der Waals surface area contributed by atoms with Crippen LogP contribution < -0.4 is 4.90 Å². The van der Waals surface area contributed by atoms with Gasteiger partial charge in [-0.3, -0.25) is 0 Å². The number of hydrogen-bond donors (Lipinski definition) is 0. The van der Waals surface area contributed by atoms with Crippen LogP contribution in [0.2, 0.25) is 0 Å². The Balaban J connectivity index is 1.68. The zero-order valence-electron chi connectivity index (χ0n) is 23.0. The molecule has 0 saturated carbocycles. The number of carbonyl (C=O) groups excluding carboxylic acids is 1. The van der Waals surface area contributed by atoms with E-state index in [0.717, 1.165) is 19.3 Å². The summed E-state index contributed by atoms with van der Waals surface area (Å²) in [6.45, 7) is 3.85. The van der Waals surface area contributed by atoms with Crippen LogP contribution in [0, 0.1) is 6.92 Å². The lowest BCUT2D eigenvalue weighted by Crippen LogP contribution is -2.08. The first-order chi connectivity index (χ1) is 17.0. The number of Topliss-reactive ketones (excluding diaryl/α,β-unsaturated/α-hetero) is 1. The standard InChI is InChI=1S/C33H49NO/c1-28-19-21-30(22-20-28)27-32(31-23-25-33(26-24-31)34(3)4)18-16-14-12-10-8-6-5-7-9-11-13-15-17-29(2)35/h19-27H,5-18H2,1-4H3. The minimum absolute atomic E-state index is 0.335. The molecule has 0 radical (unpaired) electrons. The van der Waals surface area contributed by atoms with E-state index < -0.39 is 0 Å². The molecule has 0 bridgehead atoms. The number of hydrogen-bond acceptors (Lipinski definition) is 2. The van der Waals surface area contributed by atoms with Crippen LogP contribution >= 0.6 is 0 Å². The molecule has 0 N–H and O–H groups in total. The molecule has 2 aromatic carbocycles. The van der Waals surface area contributed by atoms with Gasteiger partial charge in [-0.25, -0.2) is 0 Å². The monoisotopic (exact) mass is 475 g/mol. The van der Waals surface area contributed by atoms with Gasteiger partial charge < -0.3 is 9.69 Å². The second-order valence-corrected chi connectivity index (χ2v) is 10.5. The summed E-state index contributed by atoms with van der Waals surface area (Å²) in [6, 6.07) is 17.9. The topological polar surface area (TPSA) is 20.3 Å².